The molecule has 1 heterocycles. The van der Waals surface area contributed by atoms with Gasteiger partial charge in [-0.1, -0.05) is 22.9 Å². The Morgan fingerprint density at radius 2 is 2.21 bits per heavy atom. The van der Waals surface area contributed by atoms with Crippen LogP contribution in [0.2, 0.25) is 0 Å². The summed E-state index contributed by atoms with van der Waals surface area (Å²) < 4.78 is 1.06. The van der Waals surface area contributed by atoms with Crippen molar-refractivity contribution >= 4 is 32.5 Å². The van der Waals surface area contributed by atoms with Crippen LogP contribution in [0.4, 0.5) is 5.69 Å². The zero-order chi connectivity index (χ0) is 10.1. The fourth-order valence-electron chi connectivity index (χ4n) is 1.63. The molecule has 0 bridgehead atoms. The molecule has 2 nitrogen and oxygen atoms in total. The van der Waals surface area contributed by atoms with E-state index in [4.69, 9.17) is 5.73 Å². The Kier molecular flexibility index (Phi) is 2.42. The van der Waals surface area contributed by atoms with Gasteiger partial charge in [-0.3, -0.25) is 4.98 Å². The molecule has 0 unspecified atom stereocenters. The summed E-state index contributed by atoms with van der Waals surface area (Å²) in [7, 11) is 0. The third-order valence-corrected chi connectivity index (χ3v) is 2.82. The highest BCUT2D eigenvalue weighted by Crippen LogP contribution is 2.25. The first-order chi connectivity index (χ1) is 6.72. The van der Waals surface area contributed by atoms with Gasteiger partial charge >= 0.3 is 0 Å². The average Bonchev–Trinajstić information content (AvgIpc) is 2.17. The van der Waals surface area contributed by atoms with Crippen LogP contribution >= 0.6 is 15.9 Å². The number of hydrogen-bond acceptors (Lipinski definition) is 2. The minimum Gasteiger partial charge on any atom is -0.397 e. The molecule has 2 aromatic rings. The van der Waals surface area contributed by atoms with Crippen LogP contribution in [-0.4, -0.2) is 4.98 Å². The van der Waals surface area contributed by atoms with Gasteiger partial charge in [0, 0.05) is 9.86 Å². The number of hydrogen-bond donors (Lipinski definition) is 1. The average molecular weight is 251 g/mol. The number of nitrogen functional groups attached to an aromatic ring is 1. The zero-order valence-electron chi connectivity index (χ0n) is 7.92. The number of pyridine rings is 1. The van der Waals surface area contributed by atoms with Gasteiger partial charge in [0.25, 0.3) is 0 Å². The standard InChI is InChI=1S/C11H11BrN2/c1-2-8-9-5-7(12)3-4-11(9)14-6-10(8)13/h3-6H,2,13H2,1H3. The van der Waals surface area contributed by atoms with E-state index in [-0.39, 0.29) is 0 Å². The number of nitrogens with two attached hydrogens (primary N) is 1. The second-order valence-electron chi connectivity index (χ2n) is 3.21. The molecular formula is C11H11BrN2. The first-order valence-electron chi connectivity index (χ1n) is 4.55. The van der Waals surface area contributed by atoms with Crippen molar-refractivity contribution in [3.8, 4) is 0 Å². The van der Waals surface area contributed by atoms with Crippen LogP contribution < -0.4 is 5.73 Å². The monoisotopic (exact) mass is 250 g/mol. The Morgan fingerprint density at radius 3 is 2.93 bits per heavy atom. The summed E-state index contributed by atoms with van der Waals surface area (Å²) in [6.07, 6.45) is 2.66. The van der Waals surface area contributed by atoms with E-state index >= 15 is 0 Å². The number of aromatic nitrogens is 1. The highest BCUT2D eigenvalue weighted by atomic mass is 79.9. The number of benzene rings is 1. The van der Waals surface area contributed by atoms with Crippen molar-refractivity contribution < 1.29 is 0 Å². The summed E-state index contributed by atoms with van der Waals surface area (Å²) in [6.45, 7) is 2.10. The number of anilines is 1. The summed E-state index contributed by atoms with van der Waals surface area (Å²) in [5, 5.41) is 1.14. The molecule has 0 fully saturated rings. The Labute approximate surface area is 91.3 Å². The van der Waals surface area contributed by atoms with Gasteiger partial charge in [-0.15, -0.1) is 0 Å². The molecule has 0 saturated carbocycles. The summed E-state index contributed by atoms with van der Waals surface area (Å²) in [6, 6.07) is 6.06. The van der Waals surface area contributed by atoms with E-state index in [2.05, 4.69) is 33.9 Å². The molecule has 3 heteroatoms. The quantitative estimate of drug-likeness (QED) is 0.845. The fraction of sp³-hybridized carbons (Fsp3) is 0.182. The summed E-state index contributed by atoms with van der Waals surface area (Å²) >= 11 is 3.45. The molecule has 0 amide bonds. The van der Waals surface area contributed by atoms with E-state index in [9.17, 15) is 0 Å². The van der Waals surface area contributed by atoms with Gasteiger partial charge in [0.05, 0.1) is 17.4 Å². The van der Waals surface area contributed by atoms with E-state index in [1.54, 1.807) is 6.20 Å². The van der Waals surface area contributed by atoms with E-state index in [0.717, 1.165) is 27.5 Å². The number of fused-ring (bicyclic) bond motifs is 1. The largest absolute Gasteiger partial charge is 0.397 e. The summed E-state index contributed by atoms with van der Waals surface area (Å²) in [5.41, 5.74) is 8.82. The van der Waals surface area contributed by atoms with Gasteiger partial charge in [-0.05, 0) is 30.2 Å². The molecule has 0 spiro atoms. The van der Waals surface area contributed by atoms with Crippen molar-refractivity contribution in [3.05, 3.63) is 34.4 Å². The van der Waals surface area contributed by atoms with Crippen LogP contribution in [0.15, 0.2) is 28.9 Å². The van der Waals surface area contributed by atoms with Gasteiger partial charge in [-0.25, -0.2) is 0 Å². The molecule has 1 aromatic carbocycles. The maximum absolute atomic E-state index is 5.87. The molecule has 2 N–H and O–H groups in total. The maximum atomic E-state index is 5.87. The van der Waals surface area contributed by atoms with Crippen LogP contribution in [0.25, 0.3) is 10.9 Å². The van der Waals surface area contributed by atoms with Crippen molar-refractivity contribution in [1.29, 1.82) is 0 Å². The Bertz CT molecular complexity index is 475. The molecule has 0 aliphatic carbocycles. The molecule has 0 aliphatic heterocycles. The van der Waals surface area contributed by atoms with Crippen molar-refractivity contribution in [3.63, 3.8) is 0 Å². The maximum Gasteiger partial charge on any atom is 0.0707 e. The highest BCUT2D eigenvalue weighted by Gasteiger charge is 2.04. The Morgan fingerprint density at radius 1 is 1.43 bits per heavy atom. The van der Waals surface area contributed by atoms with Crippen LogP contribution in [0, 0.1) is 0 Å². The van der Waals surface area contributed by atoms with E-state index in [0.29, 0.717) is 0 Å². The molecule has 72 valence electrons. The molecule has 0 saturated heterocycles. The lowest BCUT2D eigenvalue weighted by Gasteiger charge is -2.07. The predicted molar refractivity (Wildman–Crippen MR) is 63.2 cm³/mol. The lowest BCUT2D eigenvalue weighted by Crippen LogP contribution is -1.95. The van der Waals surface area contributed by atoms with Gasteiger partial charge < -0.3 is 5.73 Å². The van der Waals surface area contributed by atoms with Crippen molar-refractivity contribution in [2.75, 3.05) is 5.73 Å². The summed E-state index contributed by atoms with van der Waals surface area (Å²) in [4.78, 5) is 4.28. The van der Waals surface area contributed by atoms with E-state index < -0.39 is 0 Å². The molecule has 2 rings (SSSR count). The SMILES string of the molecule is CCc1c(N)cnc2ccc(Br)cc12. The molecular weight excluding hydrogens is 240 g/mol. The third-order valence-electron chi connectivity index (χ3n) is 2.33. The second kappa shape index (κ2) is 3.58. The number of halogens is 1. The van der Waals surface area contributed by atoms with Crippen LogP contribution in [0.1, 0.15) is 12.5 Å². The highest BCUT2D eigenvalue weighted by molar-refractivity contribution is 9.10. The first-order valence-corrected chi connectivity index (χ1v) is 5.34. The number of rotatable bonds is 1. The lowest BCUT2D eigenvalue weighted by atomic mass is 10.1. The topological polar surface area (TPSA) is 38.9 Å². The number of aryl methyl sites for hydroxylation is 1. The molecule has 0 atom stereocenters. The van der Waals surface area contributed by atoms with Gasteiger partial charge in [0.2, 0.25) is 0 Å². The first kappa shape index (κ1) is 9.46. The lowest BCUT2D eigenvalue weighted by molar-refractivity contribution is 1.15. The Balaban J connectivity index is 2.84. The van der Waals surface area contributed by atoms with E-state index in [1.165, 1.54) is 5.56 Å². The zero-order valence-corrected chi connectivity index (χ0v) is 9.51. The fourth-order valence-corrected chi connectivity index (χ4v) is 1.99. The second-order valence-corrected chi connectivity index (χ2v) is 4.12. The minimum absolute atomic E-state index is 0.776. The molecule has 1 aromatic heterocycles. The van der Waals surface area contributed by atoms with Gasteiger partial charge in [0.1, 0.15) is 0 Å². The van der Waals surface area contributed by atoms with Gasteiger partial charge in [-0.2, -0.15) is 0 Å². The normalized spacial score (nSPS) is 10.7. The molecule has 14 heavy (non-hydrogen) atoms. The summed E-state index contributed by atoms with van der Waals surface area (Å²) in [5.74, 6) is 0. The van der Waals surface area contributed by atoms with Crippen LogP contribution in [0.3, 0.4) is 0 Å². The van der Waals surface area contributed by atoms with Crippen LogP contribution in [-0.2, 0) is 6.42 Å². The molecule has 0 radical (unpaired) electrons. The predicted octanol–water partition coefficient (Wildman–Crippen LogP) is 3.14. The van der Waals surface area contributed by atoms with Gasteiger partial charge in [0.15, 0.2) is 0 Å². The number of nitrogens with zero attached hydrogens (tertiary/aromatic N) is 1. The van der Waals surface area contributed by atoms with Crippen LogP contribution in [0.5, 0.6) is 0 Å². The molecule has 0 aliphatic rings. The minimum atomic E-state index is 0.776. The van der Waals surface area contributed by atoms with Crippen molar-refractivity contribution in [2.45, 2.75) is 13.3 Å². The smallest absolute Gasteiger partial charge is 0.0707 e. The third kappa shape index (κ3) is 1.48. The van der Waals surface area contributed by atoms with Crippen molar-refractivity contribution in [2.24, 2.45) is 0 Å². The van der Waals surface area contributed by atoms with Crippen molar-refractivity contribution in [1.82, 2.24) is 4.98 Å². The Hall–Kier alpha value is -1.09. The van der Waals surface area contributed by atoms with E-state index in [1.807, 2.05) is 12.1 Å².